The largest absolute Gasteiger partial charge is 0.355 e. The van der Waals surface area contributed by atoms with Crippen molar-refractivity contribution in [2.75, 3.05) is 12.3 Å². The van der Waals surface area contributed by atoms with Crippen LogP contribution in [-0.2, 0) is 24.2 Å². The first-order valence-electron chi connectivity index (χ1n) is 8.56. The van der Waals surface area contributed by atoms with E-state index in [-0.39, 0.29) is 5.91 Å². The molecule has 26 heavy (non-hydrogen) atoms. The quantitative estimate of drug-likeness (QED) is 0.573. The number of nitrogens with zero attached hydrogens (tertiary/aromatic N) is 3. The van der Waals surface area contributed by atoms with Crippen molar-refractivity contribution in [3.8, 4) is 0 Å². The first-order chi connectivity index (χ1) is 12.7. The van der Waals surface area contributed by atoms with Crippen molar-refractivity contribution in [3.63, 3.8) is 0 Å². The first-order valence-corrected chi connectivity index (χ1v) is 10.4. The Morgan fingerprint density at radius 3 is 2.92 bits per heavy atom. The van der Waals surface area contributed by atoms with E-state index in [1.807, 2.05) is 16.7 Å². The highest BCUT2D eigenvalue weighted by atomic mass is 32.2. The second-order valence-corrected chi connectivity index (χ2v) is 7.93. The van der Waals surface area contributed by atoms with E-state index in [1.165, 1.54) is 27.8 Å². The summed E-state index contributed by atoms with van der Waals surface area (Å²) in [5.74, 6) is 0.377. The minimum Gasteiger partial charge on any atom is -0.355 e. The Balaban J connectivity index is 1.40. The lowest BCUT2D eigenvalue weighted by Crippen LogP contribution is -2.27. The topological polar surface area (TPSA) is 59.8 Å². The van der Waals surface area contributed by atoms with Crippen LogP contribution in [0.1, 0.15) is 16.0 Å². The molecule has 2 aromatic heterocycles. The van der Waals surface area contributed by atoms with Gasteiger partial charge in [0.05, 0.1) is 5.75 Å². The van der Waals surface area contributed by atoms with Gasteiger partial charge in [-0.3, -0.25) is 4.79 Å². The monoisotopic (exact) mass is 386 g/mol. The van der Waals surface area contributed by atoms with E-state index in [2.05, 4.69) is 52.1 Å². The number of amides is 1. The van der Waals surface area contributed by atoms with Gasteiger partial charge in [-0.05, 0) is 42.3 Å². The normalized spacial score (nSPS) is 10.8. The minimum absolute atomic E-state index is 0.0244. The molecule has 0 aliphatic heterocycles. The lowest BCUT2D eigenvalue weighted by atomic mass is 10.1. The Labute approximate surface area is 161 Å². The summed E-state index contributed by atoms with van der Waals surface area (Å²) in [6, 6.07) is 12.4. The average Bonchev–Trinajstić information content (AvgIpc) is 3.31. The van der Waals surface area contributed by atoms with E-state index in [0.717, 1.165) is 24.5 Å². The van der Waals surface area contributed by atoms with Crippen molar-refractivity contribution in [2.45, 2.75) is 31.5 Å². The molecule has 0 aliphatic rings. The number of nitrogens with one attached hydrogen (secondary N) is 1. The molecular weight excluding hydrogens is 364 g/mol. The summed E-state index contributed by atoms with van der Waals surface area (Å²) < 4.78 is 2.00. The van der Waals surface area contributed by atoms with Gasteiger partial charge in [0.25, 0.3) is 0 Å². The first kappa shape index (κ1) is 18.7. The van der Waals surface area contributed by atoms with Gasteiger partial charge in [-0.25, -0.2) is 0 Å². The van der Waals surface area contributed by atoms with Crippen LogP contribution in [0.25, 0.3) is 0 Å². The fourth-order valence-electron chi connectivity index (χ4n) is 2.60. The van der Waals surface area contributed by atoms with Crippen LogP contribution in [0.15, 0.2) is 53.3 Å². The number of carbonyl (C=O) groups excluding carboxylic acids is 1. The summed E-state index contributed by atoms with van der Waals surface area (Å²) in [6.07, 6.45) is 3.53. The summed E-state index contributed by atoms with van der Waals surface area (Å²) in [7, 11) is 0. The summed E-state index contributed by atoms with van der Waals surface area (Å²) in [5.41, 5.74) is 2.53. The highest BCUT2D eigenvalue weighted by molar-refractivity contribution is 7.99. The standard InChI is InChI=1S/C19H22N4OS2/c1-15-5-2-3-6-16(15)8-10-20-18(24)13-26-19-22-21-14-23(19)11-9-17-7-4-12-25-17/h2-7,12,14H,8-11,13H2,1H3,(H,20,24). The predicted octanol–water partition coefficient (Wildman–Crippen LogP) is 3.34. The fraction of sp³-hybridized carbons (Fsp3) is 0.316. The molecule has 7 heteroatoms. The molecule has 0 unspecified atom stereocenters. The van der Waals surface area contributed by atoms with E-state index in [9.17, 15) is 4.79 Å². The van der Waals surface area contributed by atoms with Crippen molar-refractivity contribution in [1.29, 1.82) is 0 Å². The van der Waals surface area contributed by atoms with Gasteiger partial charge < -0.3 is 9.88 Å². The lowest BCUT2D eigenvalue weighted by molar-refractivity contribution is -0.118. The summed E-state index contributed by atoms with van der Waals surface area (Å²) in [5, 5.41) is 14.0. The number of carbonyl (C=O) groups is 1. The van der Waals surface area contributed by atoms with Crippen molar-refractivity contribution >= 4 is 29.0 Å². The van der Waals surface area contributed by atoms with Crippen LogP contribution < -0.4 is 5.32 Å². The average molecular weight is 387 g/mol. The zero-order valence-electron chi connectivity index (χ0n) is 14.7. The summed E-state index contributed by atoms with van der Waals surface area (Å²) >= 11 is 3.18. The number of thioether (sulfide) groups is 1. The maximum atomic E-state index is 12.1. The van der Waals surface area contributed by atoms with Gasteiger partial charge in [0.15, 0.2) is 5.16 Å². The zero-order chi connectivity index (χ0) is 18.2. The third-order valence-electron chi connectivity index (χ3n) is 4.07. The molecule has 1 N–H and O–H groups in total. The van der Waals surface area contributed by atoms with Gasteiger partial charge in [0.2, 0.25) is 5.91 Å². The zero-order valence-corrected chi connectivity index (χ0v) is 16.4. The molecule has 3 rings (SSSR count). The molecule has 3 aromatic rings. The Bertz CT molecular complexity index is 830. The van der Waals surface area contributed by atoms with E-state index in [1.54, 1.807) is 17.7 Å². The van der Waals surface area contributed by atoms with Crippen LogP contribution in [0.3, 0.4) is 0 Å². The van der Waals surface area contributed by atoms with Crippen LogP contribution in [0, 0.1) is 6.92 Å². The summed E-state index contributed by atoms with van der Waals surface area (Å²) in [6.45, 7) is 3.57. The van der Waals surface area contributed by atoms with Crippen LogP contribution in [0.4, 0.5) is 0 Å². The third kappa shape index (κ3) is 5.44. The molecule has 0 saturated carbocycles. The SMILES string of the molecule is Cc1ccccc1CCNC(=O)CSc1nncn1CCc1cccs1. The van der Waals surface area contributed by atoms with Crippen LogP contribution in [0.2, 0.25) is 0 Å². The second kappa shape index (κ2) is 9.54. The second-order valence-electron chi connectivity index (χ2n) is 5.95. The molecule has 5 nitrogen and oxygen atoms in total. The number of hydrogen-bond donors (Lipinski definition) is 1. The van der Waals surface area contributed by atoms with Crippen molar-refractivity contribution in [1.82, 2.24) is 20.1 Å². The molecule has 2 heterocycles. The molecule has 1 amide bonds. The van der Waals surface area contributed by atoms with Gasteiger partial charge >= 0.3 is 0 Å². The number of aryl methyl sites for hydroxylation is 3. The van der Waals surface area contributed by atoms with Crippen LogP contribution in [-0.4, -0.2) is 33.0 Å². The Hall–Kier alpha value is -2.12. The van der Waals surface area contributed by atoms with Crippen LogP contribution in [0.5, 0.6) is 0 Å². The van der Waals surface area contributed by atoms with Crippen LogP contribution >= 0.6 is 23.1 Å². The fourth-order valence-corrected chi connectivity index (χ4v) is 4.07. The maximum absolute atomic E-state index is 12.1. The lowest BCUT2D eigenvalue weighted by Gasteiger charge is -2.08. The predicted molar refractivity (Wildman–Crippen MR) is 107 cm³/mol. The number of benzene rings is 1. The van der Waals surface area contributed by atoms with Crippen molar-refractivity contribution in [2.24, 2.45) is 0 Å². The third-order valence-corrected chi connectivity index (χ3v) is 5.99. The van der Waals surface area contributed by atoms with Gasteiger partial charge in [0.1, 0.15) is 6.33 Å². The Kier molecular flexibility index (Phi) is 6.85. The Morgan fingerprint density at radius 2 is 2.12 bits per heavy atom. The summed E-state index contributed by atoms with van der Waals surface area (Å²) in [4.78, 5) is 13.4. The molecule has 0 radical (unpaired) electrons. The number of hydrogen-bond acceptors (Lipinski definition) is 5. The van der Waals surface area contributed by atoms with Gasteiger partial charge in [-0.2, -0.15) is 0 Å². The Morgan fingerprint density at radius 1 is 1.23 bits per heavy atom. The van der Waals surface area contributed by atoms with E-state index in [0.29, 0.717) is 12.3 Å². The molecule has 0 spiro atoms. The van der Waals surface area contributed by atoms with Crippen molar-refractivity contribution in [3.05, 3.63) is 64.1 Å². The molecular formula is C19H22N4OS2. The van der Waals surface area contributed by atoms with E-state index < -0.39 is 0 Å². The van der Waals surface area contributed by atoms with E-state index >= 15 is 0 Å². The van der Waals surface area contributed by atoms with E-state index in [4.69, 9.17) is 0 Å². The number of thiophene rings is 1. The molecule has 0 bridgehead atoms. The molecule has 0 saturated heterocycles. The molecule has 0 atom stereocenters. The number of rotatable bonds is 9. The van der Waals surface area contributed by atoms with Gasteiger partial charge in [0, 0.05) is 18.0 Å². The highest BCUT2D eigenvalue weighted by Crippen LogP contribution is 2.16. The molecule has 136 valence electrons. The van der Waals surface area contributed by atoms with Crippen molar-refractivity contribution < 1.29 is 4.79 Å². The molecule has 0 fully saturated rings. The number of aromatic nitrogens is 3. The maximum Gasteiger partial charge on any atom is 0.230 e. The molecule has 1 aromatic carbocycles. The molecule has 0 aliphatic carbocycles. The van der Waals surface area contributed by atoms with Gasteiger partial charge in [-0.1, -0.05) is 42.1 Å². The van der Waals surface area contributed by atoms with Gasteiger partial charge in [-0.15, -0.1) is 21.5 Å². The highest BCUT2D eigenvalue weighted by Gasteiger charge is 2.09. The smallest absolute Gasteiger partial charge is 0.230 e. The minimum atomic E-state index is 0.0244.